The van der Waals surface area contributed by atoms with E-state index in [0.29, 0.717) is 6.04 Å². The third-order valence-electron chi connectivity index (χ3n) is 4.49. The number of carbonyl (C=O) groups is 1. The molecule has 5 heteroatoms. The third-order valence-corrected chi connectivity index (χ3v) is 5.46. The topological polar surface area (TPSA) is 37.3 Å². The lowest BCUT2D eigenvalue weighted by Crippen LogP contribution is -2.42. The molecule has 4 rings (SSSR count). The van der Waals surface area contributed by atoms with E-state index in [0.717, 1.165) is 31.1 Å². The normalized spacial score (nSPS) is 25.8. The second-order valence-electron chi connectivity index (χ2n) is 5.77. The van der Waals surface area contributed by atoms with Crippen molar-refractivity contribution in [2.75, 3.05) is 24.7 Å². The van der Waals surface area contributed by atoms with Gasteiger partial charge in [0, 0.05) is 36.6 Å². The fraction of sp³-hybridized carbons (Fsp3) is 0.438. The van der Waals surface area contributed by atoms with Gasteiger partial charge < -0.3 is 14.8 Å². The molecule has 1 aromatic carbocycles. The Morgan fingerprint density at radius 1 is 1.29 bits per heavy atom. The zero-order valence-electron chi connectivity index (χ0n) is 11.9. The predicted octanol–water partition coefficient (Wildman–Crippen LogP) is 2.08. The van der Waals surface area contributed by atoms with Crippen molar-refractivity contribution in [3.05, 3.63) is 36.5 Å². The van der Waals surface area contributed by atoms with Gasteiger partial charge in [0.1, 0.15) is 0 Å². The summed E-state index contributed by atoms with van der Waals surface area (Å²) < 4.78 is 2.31. The number of rotatable bonds is 2. The Hall–Kier alpha value is -1.46. The Bertz CT molecular complexity index is 662. The highest BCUT2D eigenvalue weighted by Gasteiger charge is 2.34. The fourth-order valence-corrected chi connectivity index (χ4v) is 4.30. The first-order chi connectivity index (χ1) is 10.3. The summed E-state index contributed by atoms with van der Waals surface area (Å²) in [6.45, 7) is 1.77. The van der Waals surface area contributed by atoms with Gasteiger partial charge in [0.2, 0.25) is 5.91 Å². The lowest BCUT2D eigenvalue weighted by Gasteiger charge is -2.19. The van der Waals surface area contributed by atoms with Crippen molar-refractivity contribution in [2.45, 2.75) is 18.5 Å². The van der Waals surface area contributed by atoms with Gasteiger partial charge in [0.25, 0.3) is 0 Å². The van der Waals surface area contributed by atoms with Crippen LogP contribution in [0.1, 0.15) is 12.5 Å². The second kappa shape index (κ2) is 5.39. The average molecular weight is 301 g/mol. The molecule has 110 valence electrons. The molecule has 2 aliphatic rings. The van der Waals surface area contributed by atoms with Crippen LogP contribution >= 0.6 is 11.8 Å². The van der Waals surface area contributed by atoms with Gasteiger partial charge in [-0.1, -0.05) is 18.2 Å². The Morgan fingerprint density at radius 3 is 3.05 bits per heavy atom. The standard InChI is InChI=1S/C16H19N3OS/c20-16(18-7-8-21-11-18)14-9-13(10-17-14)19-6-5-12-3-1-2-4-15(12)19/h1-6,13-14,17H,7-11H2/t13-,14-/m0/s1. The molecule has 2 aliphatic heterocycles. The number of nitrogens with zero attached hydrogens (tertiary/aromatic N) is 2. The van der Waals surface area contributed by atoms with Crippen LogP contribution in [-0.2, 0) is 4.79 Å². The number of fused-ring (bicyclic) bond motifs is 1. The van der Waals surface area contributed by atoms with Gasteiger partial charge in [-0.15, -0.1) is 11.8 Å². The second-order valence-corrected chi connectivity index (χ2v) is 6.85. The lowest BCUT2D eigenvalue weighted by molar-refractivity contribution is -0.131. The number of aromatic nitrogens is 1. The largest absolute Gasteiger partial charge is 0.343 e. The summed E-state index contributed by atoms with van der Waals surface area (Å²) in [5.41, 5.74) is 1.26. The first-order valence-electron chi connectivity index (χ1n) is 7.48. The highest BCUT2D eigenvalue weighted by molar-refractivity contribution is 7.99. The van der Waals surface area contributed by atoms with Crippen LogP contribution in [-0.4, -0.2) is 46.1 Å². The molecule has 2 fully saturated rings. The maximum absolute atomic E-state index is 12.5. The van der Waals surface area contributed by atoms with Crippen molar-refractivity contribution in [2.24, 2.45) is 0 Å². The van der Waals surface area contributed by atoms with Crippen LogP contribution in [0.5, 0.6) is 0 Å². The molecule has 0 aliphatic carbocycles. The highest BCUT2D eigenvalue weighted by Crippen LogP contribution is 2.27. The molecule has 1 aromatic heterocycles. The van der Waals surface area contributed by atoms with Gasteiger partial charge in [-0.3, -0.25) is 4.79 Å². The van der Waals surface area contributed by atoms with Crippen LogP contribution in [0.2, 0.25) is 0 Å². The van der Waals surface area contributed by atoms with Gasteiger partial charge in [0.05, 0.1) is 11.9 Å². The molecule has 0 spiro atoms. The summed E-state index contributed by atoms with van der Waals surface area (Å²) in [6.07, 6.45) is 3.04. The van der Waals surface area contributed by atoms with Crippen molar-refractivity contribution in [1.82, 2.24) is 14.8 Å². The van der Waals surface area contributed by atoms with Gasteiger partial charge in [0.15, 0.2) is 0 Å². The number of amides is 1. The maximum Gasteiger partial charge on any atom is 0.240 e. The molecule has 2 atom stereocenters. The molecular weight excluding hydrogens is 282 g/mol. The molecule has 1 amide bonds. The van der Waals surface area contributed by atoms with E-state index in [1.165, 1.54) is 10.9 Å². The summed E-state index contributed by atoms with van der Waals surface area (Å²) in [5, 5.41) is 4.68. The average Bonchev–Trinajstić information content (AvgIpc) is 3.25. The van der Waals surface area contributed by atoms with E-state index in [4.69, 9.17) is 0 Å². The number of nitrogens with one attached hydrogen (secondary N) is 1. The summed E-state index contributed by atoms with van der Waals surface area (Å²) in [5.74, 6) is 2.21. The molecule has 0 unspecified atom stereocenters. The molecule has 0 saturated carbocycles. The van der Waals surface area contributed by atoms with Crippen molar-refractivity contribution in [1.29, 1.82) is 0 Å². The number of para-hydroxylation sites is 1. The molecule has 1 N–H and O–H groups in total. The van der Waals surface area contributed by atoms with Crippen LogP contribution in [0.15, 0.2) is 36.5 Å². The quantitative estimate of drug-likeness (QED) is 0.923. The number of hydrogen-bond donors (Lipinski definition) is 1. The minimum absolute atomic E-state index is 0.0186. The van der Waals surface area contributed by atoms with Crippen LogP contribution in [0, 0.1) is 0 Å². The first kappa shape index (κ1) is 13.2. The van der Waals surface area contributed by atoms with Crippen molar-refractivity contribution < 1.29 is 4.79 Å². The molecular formula is C16H19N3OS. The molecule has 3 heterocycles. The lowest BCUT2D eigenvalue weighted by atomic mass is 10.1. The van der Waals surface area contributed by atoms with E-state index in [1.54, 1.807) is 0 Å². The van der Waals surface area contributed by atoms with Crippen LogP contribution in [0.4, 0.5) is 0 Å². The van der Waals surface area contributed by atoms with E-state index < -0.39 is 0 Å². The molecule has 2 aromatic rings. The number of benzene rings is 1. The Labute approximate surface area is 128 Å². The van der Waals surface area contributed by atoms with E-state index in [1.807, 2.05) is 16.7 Å². The van der Waals surface area contributed by atoms with E-state index in [-0.39, 0.29) is 11.9 Å². The van der Waals surface area contributed by atoms with Gasteiger partial charge >= 0.3 is 0 Å². The monoisotopic (exact) mass is 301 g/mol. The predicted molar refractivity (Wildman–Crippen MR) is 86.4 cm³/mol. The van der Waals surface area contributed by atoms with Gasteiger partial charge in [-0.05, 0) is 23.9 Å². The summed E-state index contributed by atoms with van der Waals surface area (Å²) >= 11 is 1.84. The van der Waals surface area contributed by atoms with Crippen molar-refractivity contribution >= 4 is 28.6 Å². The summed E-state index contributed by atoms with van der Waals surface area (Å²) in [7, 11) is 0. The minimum Gasteiger partial charge on any atom is -0.343 e. The van der Waals surface area contributed by atoms with Gasteiger partial charge in [-0.2, -0.15) is 0 Å². The molecule has 21 heavy (non-hydrogen) atoms. The van der Waals surface area contributed by atoms with Crippen molar-refractivity contribution in [3.63, 3.8) is 0 Å². The smallest absolute Gasteiger partial charge is 0.240 e. The van der Waals surface area contributed by atoms with E-state index >= 15 is 0 Å². The van der Waals surface area contributed by atoms with Crippen LogP contribution in [0.3, 0.4) is 0 Å². The molecule has 0 bridgehead atoms. The van der Waals surface area contributed by atoms with Crippen LogP contribution in [0.25, 0.3) is 10.9 Å². The maximum atomic E-state index is 12.5. The zero-order valence-corrected chi connectivity index (χ0v) is 12.7. The zero-order chi connectivity index (χ0) is 14.2. The van der Waals surface area contributed by atoms with Crippen LogP contribution < -0.4 is 5.32 Å². The summed E-state index contributed by atoms with van der Waals surface area (Å²) in [4.78, 5) is 14.5. The fourth-order valence-electron chi connectivity index (χ4n) is 3.35. The van der Waals surface area contributed by atoms with Gasteiger partial charge in [-0.25, -0.2) is 0 Å². The number of thioether (sulfide) groups is 1. The Kier molecular flexibility index (Phi) is 3.39. The Balaban J connectivity index is 1.52. The highest BCUT2D eigenvalue weighted by atomic mass is 32.2. The number of hydrogen-bond acceptors (Lipinski definition) is 3. The minimum atomic E-state index is -0.0186. The summed E-state index contributed by atoms with van der Waals surface area (Å²) in [6, 6.07) is 10.9. The Morgan fingerprint density at radius 2 is 2.19 bits per heavy atom. The first-order valence-corrected chi connectivity index (χ1v) is 8.64. The number of carbonyl (C=O) groups excluding carboxylic acids is 1. The van der Waals surface area contributed by atoms with Crippen molar-refractivity contribution in [3.8, 4) is 0 Å². The molecule has 2 saturated heterocycles. The third kappa shape index (κ3) is 2.34. The molecule has 4 nitrogen and oxygen atoms in total. The van der Waals surface area contributed by atoms with E-state index in [2.05, 4.69) is 46.4 Å². The SMILES string of the molecule is O=C([C@@H]1C[C@H](n2ccc3ccccc32)CN1)N1CCSC1. The molecule has 0 radical (unpaired) electrons. The van der Waals surface area contributed by atoms with E-state index in [9.17, 15) is 4.79 Å².